The lowest BCUT2D eigenvalue weighted by Crippen LogP contribution is -2.46. The van der Waals surface area contributed by atoms with E-state index in [0.717, 1.165) is 72.6 Å². The van der Waals surface area contributed by atoms with Gasteiger partial charge >= 0.3 is 0 Å². The van der Waals surface area contributed by atoms with E-state index in [1.54, 1.807) is 20.7 Å². The molecule has 31 heavy (non-hydrogen) atoms. The summed E-state index contributed by atoms with van der Waals surface area (Å²) in [6.07, 6.45) is 1.92. The van der Waals surface area contributed by atoms with Gasteiger partial charge in [-0.3, -0.25) is 4.90 Å². The number of hydrogen-bond acceptors (Lipinski definition) is 7. The average Bonchev–Trinajstić information content (AvgIpc) is 3.18. The molecule has 1 aromatic heterocycles. The molecule has 4 nitrogen and oxygen atoms in total. The molecule has 1 aliphatic heterocycles. The second-order valence-electron chi connectivity index (χ2n) is 7.92. The molecule has 1 fully saturated rings. The van der Waals surface area contributed by atoms with E-state index in [1.807, 2.05) is 18.2 Å². The number of benzene rings is 2. The van der Waals surface area contributed by atoms with Crippen LogP contribution < -0.4 is 0 Å². The third-order valence-corrected chi connectivity index (χ3v) is 8.84. The van der Waals surface area contributed by atoms with E-state index < -0.39 is 0 Å². The van der Waals surface area contributed by atoms with Crippen molar-refractivity contribution in [2.45, 2.75) is 19.4 Å². The predicted octanol–water partition coefficient (Wildman–Crippen LogP) is 5.47. The first-order valence-electron chi connectivity index (χ1n) is 10.7. The predicted molar refractivity (Wildman–Crippen MR) is 134 cm³/mol. The van der Waals surface area contributed by atoms with Gasteiger partial charge in [0.25, 0.3) is 0 Å². The van der Waals surface area contributed by atoms with E-state index in [-0.39, 0.29) is 6.61 Å². The highest BCUT2D eigenvalue weighted by Crippen LogP contribution is 2.42. The molecular formula is C24H28N2O2S3. The number of piperazine rings is 1. The minimum absolute atomic E-state index is 0.276. The molecule has 0 bridgehead atoms. The SMILES string of the molecule is OCCCCN1CCN(Cc2cc(-c3c(-c4ccccc4)ssc3=S)ccc2O)CC1. The van der Waals surface area contributed by atoms with Crippen molar-refractivity contribution in [3.63, 3.8) is 0 Å². The number of nitrogens with zero attached hydrogens (tertiary/aromatic N) is 2. The molecule has 0 radical (unpaired) electrons. The molecule has 0 spiro atoms. The molecule has 2 heterocycles. The van der Waals surface area contributed by atoms with Crippen molar-refractivity contribution in [3.05, 3.63) is 57.9 Å². The van der Waals surface area contributed by atoms with Crippen LogP contribution in [0.5, 0.6) is 5.75 Å². The summed E-state index contributed by atoms with van der Waals surface area (Å²) in [5.41, 5.74) is 4.32. The van der Waals surface area contributed by atoms with Gasteiger partial charge in [-0.25, -0.2) is 0 Å². The third kappa shape index (κ3) is 5.61. The Balaban J connectivity index is 1.50. The normalized spacial score (nSPS) is 15.4. The van der Waals surface area contributed by atoms with Gasteiger partial charge in [-0.2, -0.15) is 0 Å². The molecule has 0 aliphatic carbocycles. The van der Waals surface area contributed by atoms with Crippen molar-refractivity contribution in [1.82, 2.24) is 9.80 Å². The third-order valence-electron chi connectivity index (χ3n) is 5.78. The van der Waals surface area contributed by atoms with Crippen molar-refractivity contribution in [3.8, 4) is 27.3 Å². The maximum atomic E-state index is 10.5. The summed E-state index contributed by atoms with van der Waals surface area (Å²) in [7, 11) is 3.36. The van der Waals surface area contributed by atoms with Crippen molar-refractivity contribution in [1.29, 1.82) is 0 Å². The van der Waals surface area contributed by atoms with Gasteiger partial charge in [0.15, 0.2) is 0 Å². The van der Waals surface area contributed by atoms with Crippen LogP contribution >= 0.6 is 32.9 Å². The lowest BCUT2D eigenvalue weighted by molar-refractivity contribution is 0.123. The van der Waals surface area contributed by atoms with E-state index in [2.05, 4.69) is 40.1 Å². The smallest absolute Gasteiger partial charge is 0.120 e. The van der Waals surface area contributed by atoms with Gasteiger partial charge in [-0.15, -0.1) is 0 Å². The summed E-state index contributed by atoms with van der Waals surface area (Å²) in [5.74, 6) is 0.347. The number of unbranched alkanes of at least 4 members (excludes halogenated alkanes) is 1. The highest BCUT2D eigenvalue weighted by Gasteiger charge is 2.19. The van der Waals surface area contributed by atoms with Crippen LogP contribution in [0, 0.1) is 3.82 Å². The fourth-order valence-electron chi connectivity index (χ4n) is 4.01. The Kier molecular flexibility index (Phi) is 7.87. The standard InChI is InChI=1S/C24H28N2O2S3/c27-15-5-4-10-25-11-13-26(14-12-25)17-20-16-19(8-9-21(20)28)22-23(30-31-24(22)29)18-6-2-1-3-7-18/h1-3,6-9,16,27-28H,4-5,10-15,17H2. The lowest BCUT2D eigenvalue weighted by Gasteiger charge is -2.34. The zero-order chi connectivity index (χ0) is 21.6. The Morgan fingerprint density at radius 3 is 2.35 bits per heavy atom. The summed E-state index contributed by atoms with van der Waals surface area (Å²) in [6.45, 7) is 6.12. The van der Waals surface area contributed by atoms with Gasteiger partial charge in [0.1, 0.15) is 9.57 Å². The summed E-state index contributed by atoms with van der Waals surface area (Å²) in [6, 6.07) is 16.3. The monoisotopic (exact) mass is 472 g/mol. The van der Waals surface area contributed by atoms with Crippen LogP contribution in [0.3, 0.4) is 0 Å². The number of aromatic hydroxyl groups is 1. The van der Waals surface area contributed by atoms with E-state index in [0.29, 0.717) is 5.75 Å². The van der Waals surface area contributed by atoms with Gasteiger partial charge in [-0.1, -0.05) is 69.3 Å². The summed E-state index contributed by atoms with van der Waals surface area (Å²) < 4.78 is 0.900. The van der Waals surface area contributed by atoms with Crippen molar-refractivity contribution in [2.75, 3.05) is 39.3 Å². The van der Waals surface area contributed by atoms with E-state index >= 15 is 0 Å². The van der Waals surface area contributed by atoms with Gasteiger partial charge in [-0.05, 0) is 42.6 Å². The van der Waals surface area contributed by atoms with Crippen LogP contribution in [0.25, 0.3) is 21.6 Å². The first-order valence-corrected chi connectivity index (χ1v) is 13.3. The van der Waals surface area contributed by atoms with Gasteiger partial charge in [0, 0.05) is 50.5 Å². The van der Waals surface area contributed by atoms with Crippen LogP contribution in [0.15, 0.2) is 48.5 Å². The molecule has 0 amide bonds. The van der Waals surface area contributed by atoms with Gasteiger partial charge in [0.2, 0.25) is 0 Å². The number of phenolic OH excluding ortho intramolecular Hbond substituents is 1. The molecule has 4 rings (SSSR count). The first kappa shape index (κ1) is 22.6. The Morgan fingerprint density at radius 1 is 0.871 bits per heavy atom. The summed E-state index contributed by atoms with van der Waals surface area (Å²) in [4.78, 5) is 6.07. The number of aliphatic hydroxyl groups excluding tert-OH is 1. The van der Waals surface area contributed by atoms with Crippen molar-refractivity contribution >= 4 is 32.9 Å². The summed E-state index contributed by atoms with van der Waals surface area (Å²) >= 11 is 5.68. The molecule has 164 valence electrons. The second kappa shape index (κ2) is 10.8. The number of phenols is 1. The molecule has 1 saturated heterocycles. The van der Waals surface area contributed by atoms with E-state index in [1.165, 1.54) is 10.4 Å². The molecule has 2 N–H and O–H groups in total. The van der Waals surface area contributed by atoms with Crippen LogP contribution in [0.4, 0.5) is 0 Å². The van der Waals surface area contributed by atoms with Crippen LogP contribution in [-0.2, 0) is 6.54 Å². The molecule has 3 aromatic rings. The Morgan fingerprint density at radius 2 is 1.61 bits per heavy atom. The molecule has 0 unspecified atom stereocenters. The minimum Gasteiger partial charge on any atom is -0.508 e. The lowest BCUT2D eigenvalue weighted by atomic mass is 10.0. The van der Waals surface area contributed by atoms with Crippen LogP contribution in [0.1, 0.15) is 18.4 Å². The molecule has 0 atom stereocenters. The maximum absolute atomic E-state index is 10.5. The fourth-order valence-corrected chi connectivity index (χ4v) is 6.93. The summed E-state index contributed by atoms with van der Waals surface area (Å²) in [5, 5.41) is 19.5. The Bertz CT molecular complexity index is 1040. The minimum atomic E-state index is 0.276. The van der Waals surface area contributed by atoms with Crippen molar-refractivity contribution < 1.29 is 10.2 Å². The highest BCUT2D eigenvalue weighted by molar-refractivity contribution is 7.80. The molecule has 7 heteroatoms. The molecule has 1 aliphatic rings. The molecule has 2 aromatic carbocycles. The number of hydrogen-bond donors (Lipinski definition) is 2. The Labute approximate surface area is 196 Å². The zero-order valence-corrected chi connectivity index (χ0v) is 19.9. The van der Waals surface area contributed by atoms with E-state index in [4.69, 9.17) is 17.3 Å². The molecular weight excluding hydrogens is 444 g/mol. The van der Waals surface area contributed by atoms with Gasteiger partial charge in [0.05, 0.1) is 4.88 Å². The zero-order valence-electron chi connectivity index (χ0n) is 17.5. The number of aliphatic hydroxyl groups is 1. The maximum Gasteiger partial charge on any atom is 0.120 e. The van der Waals surface area contributed by atoms with E-state index in [9.17, 15) is 5.11 Å². The van der Waals surface area contributed by atoms with Crippen LogP contribution in [-0.4, -0.2) is 59.3 Å². The van der Waals surface area contributed by atoms with Crippen molar-refractivity contribution in [2.24, 2.45) is 0 Å². The number of rotatable bonds is 8. The molecule has 0 saturated carbocycles. The second-order valence-corrected chi connectivity index (χ2v) is 10.7. The fraction of sp³-hybridized carbons (Fsp3) is 0.375. The topological polar surface area (TPSA) is 46.9 Å². The largest absolute Gasteiger partial charge is 0.508 e. The quantitative estimate of drug-likeness (QED) is 0.259. The highest BCUT2D eigenvalue weighted by atomic mass is 32.9. The first-order chi connectivity index (χ1) is 15.2. The van der Waals surface area contributed by atoms with Gasteiger partial charge < -0.3 is 15.1 Å². The Hall–Kier alpha value is -1.61. The average molecular weight is 473 g/mol. The van der Waals surface area contributed by atoms with Crippen LogP contribution in [0.2, 0.25) is 0 Å².